The van der Waals surface area contributed by atoms with Crippen LogP contribution in [0.4, 0.5) is 0 Å². The summed E-state index contributed by atoms with van der Waals surface area (Å²) in [6.45, 7) is 7.97. The maximum Gasteiger partial charge on any atom is 0.498 e. The molecule has 2 rings (SSSR count). The topological polar surface area (TPSA) is 53.7 Å². The molecule has 0 unspecified atom stereocenters. The zero-order valence-electron chi connectivity index (χ0n) is 11.0. The SMILES string of the molecule is CC1(C)OB(c2ccc(Cl)cc2ON)OC1(C)C. The molecule has 4 nitrogen and oxygen atoms in total. The van der Waals surface area contributed by atoms with Crippen LogP contribution >= 0.6 is 11.6 Å². The van der Waals surface area contributed by atoms with Crippen LogP contribution in [0.1, 0.15) is 27.7 Å². The molecule has 98 valence electrons. The quantitative estimate of drug-likeness (QED) is 0.658. The van der Waals surface area contributed by atoms with Gasteiger partial charge < -0.3 is 14.1 Å². The molecule has 0 saturated carbocycles. The number of nitrogens with two attached hydrogens (primary N) is 1. The highest BCUT2D eigenvalue weighted by Crippen LogP contribution is 2.37. The van der Waals surface area contributed by atoms with Crippen molar-refractivity contribution in [3.8, 4) is 5.75 Å². The van der Waals surface area contributed by atoms with Crippen LogP contribution in [-0.4, -0.2) is 18.3 Å². The molecule has 0 aliphatic carbocycles. The van der Waals surface area contributed by atoms with Crippen LogP contribution in [0.5, 0.6) is 5.75 Å². The van der Waals surface area contributed by atoms with Crippen molar-refractivity contribution in [1.82, 2.24) is 0 Å². The van der Waals surface area contributed by atoms with E-state index in [0.717, 1.165) is 5.46 Å². The molecule has 0 spiro atoms. The van der Waals surface area contributed by atoms with Gasteiger partial charge in [-0.25, -0.2) is 0 Å². The monoisotopic (exact) mass is 269 g/mol. The summed E-state index contributed by atoms with van der Waals surface area (Å²) in [5.41, 5.74) is -0.0626. The Bertz CT molecular complexity index is 449. The maximum absolute atomic E-state index is 5.93. The number of halogens is 1. The van der Waals surface area contributed by atoms with E-state index in [2.05, 4.69) is 0 Å². The number of benzene rings is 1. The largest absolute Gasteiger partial charge is 0.498 e. The molecule has 0 amide bonds. The van der Waals surface area contributed by atoms with Gasteiger partial charge in [-0.2, -0.15) is 5.90 Å². The lowest BCUT2D eigenvalue weighted by atomic mass is 9.78. The smallest absolute Gasteiger partial charge is 0.412 e. The summed E-state index contributed by atoms with van der Waals surface area (Å²) >= 11 is 5.90. The van der Waals surface area contributed by atoms with Gasteiger partial charge in [-0.05, 0) is 33.8 Å². The molecule has 0 radical (unpaired) electrons. The van der Waals surface area contributed by atoms with Gasteiger partial charge in [0.1, 0.15) is 5.75 Å². The Hall–Kier alpha value is -0.745. The summed E-state index contributed by atoms with van der Waals surface area (Å²) in [4.78, 5) is 4.83. The molecule has 1 aromatic carbocycles. The molecule has 2 N–H and O–H groups in total. The van der Waals surface area contributed by atoms with Crippen molar-refractivity contribution >= 4 is 24.2 Å². The van der Waals surface area contributed by atoms with E-state index >= 15 is 0 Å². The molecule has 1 aliphatic rings. The van der Waals surface area contributed by atoms with Gasteiger partial charge in [0.15, 0.2) is 0 Å². The summed E-state index contributed by atoms with van der Waals surface area (Å²) in [6.07, 6.45) is 0. The first-order valence-corrected chi connectivity index (χ1v) is 6.16. The third-order valence-corrected chi connectivity index (χ3v) is 3.84. The number of hydrogen-bond acceptors (Lipinski definition) is 4. The van der Waals surface area contributed by atoms with Crippen molar-refractivity contribution in [3.63, 3.8) is 0 Å². The molecular weight excluding hydrogens is 252 g/mol. The first-order chi connectivity index (χ1) is 8.27. The van der Waals surface area contributed by atoms with Crippen molar-refractivity contribution in [3.05, 3.63) is 23.2 Å². The van der Waals surface area contributed by atoms with Gasteiger partial charge in [-0.15, -0.1) is 0 Å². The minimum Gasteiger partial charge on any atom is -0.412 e. The van der Waals surface area contributed by atoms with Crippen LogP contribution in [0.15, 0.2) is 18.2 Å². The second-order valence-electron chi connectivity index (χ2n) is 5.39. The molecular formula is C12H17BClNO3. The van der Waals surface area contributed by atoms with Gasteiger partial charge in [0.05, 0.1) is 11.2 Å². The fourth-order valence-corrected chi connectivity index (χ4v) is 1.94. The standard InChI is InChI=1S/C12H17BClNO3/c1-11(2)12(3,4)18-13(17-11)9-6-5-8(14)7-10(9)16-15/h5-7H,15H2,1-4H3. The predicted octanol–water partition coefficient (Wildman–Crippen LogP) is 1.89. The summed E-state index contributed by atoms with van der Waals surface area (Å²) < 4.78 is 11.9. The van der Waals surface area contributed by atoms with Crippen molar-refractivity contribution < 1.29 is 14.1 Å². The van der Waals surface area contributed by atoms with Crippen LogP contribution < -0.4 is 16.2 Å². The lowest BCUT2D eigenvalue weighted by Gasteiger charge is -2.32. The highest BCUT2D eigenvalue weighted by Gasteiger charge is 2.52. The molecule has 1 fully saturated rings. The molecule has 6 heteroatoms. The van der Waals surface area contributed by atoms with Gasteiger partial charge >= 0.3 is 7.12 Å². The van der Waals surface area contributed by atoms with E-state index in [1.54, 1.807) is 18.2 Å². The fourth-order valence-electron chi connectivity index (χ4n) is 1.78. The Morgan fingerprint density at radius 1 is 1.17 bits per heavy atom. The van der Waals surface area contributed by atoms with Crippen LogP contribution in [0.2, 0.25) is 5.02 Å². The minimum absolute atomic E-state index is 0.400. The Labute approximate surface area is 112 Å². The first-order valence-electron chi connectivity index (χ1n) is 5.79. The molecule has 1 aliphatic heterocycles. The number of hydrogen-bond donors (Lipinski definition) is 1. The van der Waals surface area contributed by atoms with Gasteiger partial charge in [0.25, 0.3) is 0 Å². The van der Waals surface area contributed by atoms with E-state index in [4.69, 9.17) is 31.6 Å². The van der Waals surface area contributed by atoms with Crippen molar-refractivity contribution in [2.45, 2.75) is 38.9 Å². The van der Waals surface area contributed by atoms with Gasteiger partial charge in [0.2, 0.25) is 0 Å². The summed E-state index contributed by atoms with van der Waals surface area (Å²) in [6, 6.07) is 5.19. The zero-order valence-corrected chi connectivity index (χ0v) is 11.7. The van der Waals surface area contributed by atoms with Gasteiger partial charge in [0, 0.05) is 16.6 Å². The van der Waals surface area contributed by atoms with Gasteiger partial charge in [-0.3, -0.25) is 0 Å². The van der Waals surface area contributed by atoms with E-state index in [0.29, 0.717) is 10.8 Å². The van der Waals surface area contributed by atoms with E-state index in [1.807, 2.05) is 27.7 Å². The van der Waals surface area contributed by atoms with E-state index < -0.39 is 18.3 Å². The van der Waals surface area contributed by atoms with Crippen LogP contribution in [0.3, 0.4) is 0 Å². The van der Waals surface area contributed by atoms with E-state index in [-0.39, 0.29) is 0 Å². The van der Waals surface area contributed by atoms with E-state index in [9.17, 15) is 0 Å². The molecule has 0 bridgehead atoms. The normalized spacial score (nSPS) is 21.1. The Kier molecular flexibility index (Phi) is 3.36. The second kappa shape index (κ2) is 4.42. The Morgan fingerprint density at radius 3 is 2.22 bits per heavy atom. The van der Waals surface area contributed by atoms with Crippen molar-refractivity contribution in [1.29, 1.82) is 0 Å². The van der Waals surface area contributed by atoms with Crippen molar-refractivity contribution in [2.75, 3.05) is 0 Å². The van der Waals surface area contributed by atoms with Crippen LogP contribution in [-0.2, 0) is 9.31 Å². The Balaban J connectivity index is 2.35. The number of rotatable bonds is 2. The molecule has 1 aromatic rings. The average Bonchev–Trinajstić information content (AvgIpc) is 2.47. The lowest BCUT2D eigenvalue weighted by molar-refractivity contribution is 0.00578. The highest BCUT2D eigenvalue weighted by molar-refractivity contribution is 6.63. The van der Waals surface area contributed by atoms with E-state index in [1.165, 1.54) is 0 Å². The molecule has 0 aromatic heterocycles. The third-order valence-electron chi connectivity index (χ3n) is 3.61. The third kappa shape index (κ3) is 2.23. The maximum atomic E-state index is 5.93. The highest BCUT2D eigenvalue weighted by atomic mass is 35.5. The summed E-state index contributed by atoms with van der Waals surface area (Å²) in [7, 11) is -0.509. The fraction of sp³-hybridized carbons (Fsp3) is 0.500. The van der Waals surface area contributed by atoms with Gasteiger partial charge in [-0.1, -0.05) is 17.7 Å². The lowest BCUT2D eigenvalue weighted by Crippen LogP contribution is -2.41. The molecule has 0 atom stereocenters. The molecule has 1 heterocycles. The zero-order chi connectivity index (χ0) is 13.6. The minimum atomic E-state index is -0.509. The molecule has 18 heavy (non-hydrogen) atoms. The second-order valence-corrected chi connectivity index (χ2v) is 5.82. The van der Waals surface area contributed by atoms with Crippen LogP contribution in [0.25, 0.3) is 0 Å². The predicted molar refractivity (Wildman–Crippen MR) is 72.0 cm³/mol. The summed E-state index contributed by atoms with van der Waals surface area (Å²) in [5, 5.41) is 0.552. The average molecular weight is 270 g/mol. The van der Waals surface area contributed by atoms with Crippen LogP contribution in [0, 0.1) is 0 Å². The molecule has 1 saturated heterocycles. The first kappa shape index (κ1) is 13.7. The summed E-state index contributed by atoms with van der Waals surface area (Å²) in [5.74, 6) is 5.71. The Morgan fingerprint density at radius 2 is 1.72 bits per heavy atom. The van der Waals surface area contributed by atoms with Crippen molar-refractivity contribution in [2.24, 2.45) is 5.90 Å².